The van der Waals surface area contributed by atoms with Gasteiger partial charge >= 0.3 is 0 Å². The Labute approximate surface area is 151 Å². The molecule has 134 valence electrons. The van der Waals surface area contributed by atoms with Gasteiger partial charge in [0.25, 0.3) is 5.91 Å². The van der Waals surface area contributed by atoms with E-state index in [0.717, 1.165) is 18.5 Å². The molecule has 3 aromatic rings. The first-order chi connectivity index (χ1) is 12.7. The summed E-state index contributed by atoms with van der Waals surface area (Å²) in [6.07, 6.45) is 1.05. The molecule has 0 radical (unpaired) electrons. The molecule has 0 bridgehead atoms. The Hall–Kier alpha value is -2.99. The van der Waals surface area contributed by atoms with Gasteiger partial charge in [-0.1, -0.05) is 18.2 Å². The molecule has 0 saturated heterocycles. The number of methoxy groups -OCH3 is 1. The number of ether oxygens (including phenoxy) is 2. The van der Waals surface area contributed by atoms with Gasteiger partial charge in [0.2, 0.25) is 0 Å². The first-order valence-electron chi connectivity index (χ1n) is 8.69. The van der Waals surface area contributed by atoms with Crippen molar-refractivity contribution in [2.45, 2.75) is 12.5 Å². The number of nitrogens with one attached hydrogen (secondary N) is 1. The highest BCUT2D eigenvalue weighted by molar-refractivity contribution is 5.85. The summed E-state index contributed by atoms with van der Waals surface area (Å²) in [7, 11) is 1.59. The van der Waals surface area contributed by atoms with E-state index in [-0.39, 0.29) is 12.6 Å². The van der Waals surface area contributed by atoms with E-state index >= 15 is 0 Å². The second-order valence-electron chi connectivity index (χ2n) is 6.48. The van der Waals surface area contributed by atoms with Crippen LogP contribution in [0.3, 0.4) is 0 Å². The van der Waals surface area contributed by atoms with Crippen molar-refractivity contribution in [3.05, 3.63) is 59.3 Å². The molecular formula is C20H22N3O3+. The number of carbonyl (C=O) groups excluding carboxylic acids is 1. The van der Waals surface area contributed by atoms with Crippen LogP contribution in [-0.4, -0.2) is 31.2 Å². The molecule has 26 heavy (non-hydrogen) atoms. The Morgan fingerprint density at radius 2 is 2.12 bits per heavy atom. The van der Waals surface area contributed by atoms with Gasteiger partial charge in [0.05, 0.1) is 19.3 Å². The molecule has 1 aliphatic heterocycles. The quantitative estimate of drug-likeness (QED) is 0.645. The minimum Gasteiger partial charge on any atom is -0.493 e. The zero-order chi connectivity index (χ0) is 18.1. The van der Waals surface area contributed by atoms with Crippen LogP contribution in [0.2, 0.25) is 0 Å². The number of rotatable bonds is 5. The van der Waals surface area contributed by atoms with Crippen molar-refractivity contribution in [1.29, 1.82) is 0 Å². The third-order valence-electron chi connectivity index (χ3n) is 4.87. The Kier molecular flexibility index (Phi) is 4.26. The first kappa shape index (κ1) is 16.5. The van der Waals surface area contributed by atoms with Crippen LogP contribution in [0.5, 0.6) is 11.5 Å². The number of quaternary nitrogens is 1. The molecule has 2 aromatic carbocycles. The van der Waals surface area contributed by atoms with Crippen LogP contribution < -0.4 is 20.5 Å². The predicted octanol–water partition coefficient (Wildman–Crippen LogP) is 1.25. The lowest BCUT2D eigenvalue weighted by atomic mass is 9.94. The van der Waals surface area contributed by atoms with Crippen LogP contribution in [0.15, 0.2) is 42.5 Å². The number of fused-ring (bicyclic) bond motifs is 3. The van der Waals surface area contributed by atoms with Crippen LogP contribution in [-0.2, 0) is 11.2 Å². The number of primary amides is 1. The number of amides is 1. The Morgan fingerprint density at radius 1 is 1.27 bits per heavy atom. The van der Waals surface area contributed by atoms with E-state index in [1.807, 2.05) is 18.2 Å². The number of benzene rings is 2. The normalized spacial score (nSPS) is 16.3. The molecule has 5 N–H and O–H groups in total. The SMILES string of the molecule is COc1cc([C@@H]2[NH2+]CCc3c2[nH]c2ccccc32)ccc1OCC(N)=O. The molecule has 0 spiro atoms. The fraction of sp³-hybridized carbons (Fsp3) is 0.250. The van der Waals surface area contributed by atoms with Crippen molar-refractivity contribution >= 4 is 16.8 Å². The topological polar surface area (TPSA) is 93.9 Å². The number of aromatic amines is 1. The van der Waals surface area contributed by atoms with Gasteiger partial charge in [-0.05, 0) is 29.8 Å². The predicted molar refractivity (Wildman–Crippen MR) is 98.3 cm³/mol. The smallest absolute Gasteiger partial charge is 0.255 e. The molecular weight excluding hydrogens is 330 g/mol. The summed E-state index contributed by atoms with van der Waals surface area (Å²) in [5.74, 6) is 0.600. The number of hydrogen-bond acceptors (Lipinski definition) is 3. The number of para-hydroxylation sites is 1. The van der Waals surface area contributed by atoms with Gasteiger partial charge in [-0.3, -0.25) is 4.79 Å². The van der Waals surface area contributed by atoms with E-state index in [4.69, 9.17) is 15.2 Å². The molecule has 2 heterocycles. The van der Waals surface area contributed by atoms with Crippen LogP contribution in [0, 0.1) is 0 Å². The third-order valence-corrected chi connectivity index (χ3v) is 4.87. The Bertz CT molecular complexity index is 964. The fourth-order valence-corrected chi connectivity index (χ4v) is 3.72. The summed E-state index contributed by atoms with van der Waals surface area (Å²) < 4.78 is 10.9. The maximum absolute atomic E-state index is 11.0. The first-order valence-corrected chi connectivity index (χ1v) is 8.69. The van der Waals surface area contributed by atoms with E-state index in [1.165, 1.54) is 22.2 Å². The molecule has 4 rings (SSSR count). The zero-order valence-electron chi connectivity index (χ0n) is 14.6. The van der Waals surface area contributed by atoms with Crippen molar-refractivity contribution in [3.8, 4) is 11.5 Å². The van der Waals surface area contributed by atoms with E-state index < -0.39 is 5.91 Å². The van der Waals surface area contributed by atoms with Gasteiger partial charge in [-0.2, -0.15) is 0 Å². The molecule has 0 fully saturated rings. The van der Waals surface area contributed by atoms with Crippen molar-refractivity contribution in [2.24, 2.45) is 5.73 Å². The van der Waals surface area contributed by atoms with Crippen molar-refractivity contribution < 1.29 is 19.6 Å². The Balaban J connectivity index is 1.71. The molecule has 1 atom stereocenters. The van der Waals surface area contributed by atoms with E-state index in [0.29, 0.717) is 11.5 Å². The lowest BCUT2D eigenvalue weighted by molar-refractivity contribution is -0.690. The number of hydrogen-bond donors (Lipinski definition) is 3. The summed E-state index contributed by atoms with van der Waals surface area (Å²) in [5.41, 5.74) is 10.1. The van der Waals surface area contributed by atoms with Crippen molar-refractivity contribution in [1.82, 2.24) is 4.98 Å². The highest BCUT2D eigenvalue weighted by Gasteiger charge is 2.29. The van der Waals surface area contributed by atoms with Crippen LogP contribution in [0.25, 0.3) is 10.9 Å². The maximum Gasteiger partial charge on any atom is 0.255 e. The third kappa shape index (κ3) is 2.88. The molecule has 6 nitrogen and oxygen atoms in total. The average Bonchev–Trinajstić information content (AvgIpc) is 3.05. The van der Waals surface area contributed by atoms with E-state index in [9.17, 15) is 4.79 Å². The lowest BCUT2D eigenvalue weighted by Gasteiger charge is -2.22. The summed E-state index contributed by atoms with van der Waals surface area (Å²) in [5, 5.41) is 3.63. The highest BCUT2D eigenvalue weighted by Crippen LogP contribution is 2.34. The average molecular weight is 352 g/mol. The van der Waals surface area contributed by atoms with Crippen molar-refractivity contribution in [2.75, 3.05) is 20.3 Å². The summed E-state index contributed by atoms with van der Waals surface area (Å²) in [6, 6.07) is 14.4. The van der Waals surface area contributed by atoms with Gasteiger partial charge in [-0.15, -0.1) is 0 Å². The molecule has 6 heteroatoms. The summed E-state index contributed by atoms with van der Waals surface area (Å²) in [6.45, 7) is 0.860. The van der Waals surface area contributed by atoms with Crippen LogP contribution >= 0.6 is 0 Å². The number of aromatic nitrogens is 1. The minimum absolute atomic E-state index is 0.169. The molecule has 1 amide bonds. The largest absolute Gasteiger partial charge is 0.493 e. The highest BCUT2D eigenvalue weighted by atomic mass is 16.5. The summed E-state index contributed by atoms with van der Waals surface area (Å²) >= 11 is 0. The number of carbonyl (C=O) groups is 1. The zero-order valence-corrected chi connectivity index (χ0v) is 14.6. The van der Waals surface area contributed by atoms with Crippen LogP contribution in [0.1, 0.15) is 22.9 Å². The monoisotopic (exact) mass is 352 g/mol. The van der Waals surface area contributed by atoms with Gasteiger partial charge in [0.15, 0.2) is 24.1 Å². The minimum atomic E-state index is -0.514. The van der Waals surface area contributed by atoms with Crippen molar-refractivity contribution in [3.63, 3.8) is 0 Å². The molecule has 1 aliphatic rings. The second kappa shape index (κ2) is 6.72. The van der Waals surface area contributed by atoms with Gasteiger partial charge in [0, 0.05) is 22.9 Å². The van der Waals surface area contributed by atoms with Gasteiger partial charge < -0.3 is 25.5 Å². The molecule has 0 unspecified atom stereocenters. The number of nitrogens with two attached hydrogens (primary N) is 2. The summed E-state index contributed by atoms with van der Waals surface area (Å²) in [4.78, 5) is 14.5. The maximum atomic E-state index is 11.0. The van der Waals surface area contributed by atoms with Gasteiger partial charge in [0.1, 0.15) is 0 Å². The Morgan fingerprint density at radius 3 is 2.92 bits per heavy atom. The van der Waals surface area contributed by atoms with Gasteiger partial charge in [-0.25, -0.2) is 0 Å². The standard InChI is InChI=1S/C20H21N3O3/c1-25-17-10-12(6-7-16(17)26-11-18(21)24)19-20-14(8-9-22-19)13-4-2-3-5-15(13)23-20/h2-7,10,19,22-23H,8-9,11H2,1H3,(H2,21,24)/p+1/t19-/m0/s1. The second-order valence-corrected chi connectivity index (χ2v) is 6.48. The molecule has 1 aromatic heterocycles. The van der Waals surface area contributed by atoms with Crippen LogP contribution in [0.4, 0.5) is 0 Å². The molecule has 0 saturated carbocycles. The molecule has 0 aliphatic carbocycles. The van der Waals surface area contributed by atoms with E-state index in [2.05, 4.69) is 34.6 Å². The van der Waals surface area contributed by atoms with E-state index in [1.54, 1.807) is 7.11 Å². The number of H-pyrrole nitrogens is 1. The lowest BCUT2D eigenvalue weighted by Crippen LogP contribution is -2.87. The fourth-order valence-electron chi connectivity index (χ4n) is 3.72.